The van der Waals surface area contributed by atoms with Gasteiger partial charge in [-0.05, 0) is 226 Å². The number of halogens is 11. The molecule has 1 aliphatic carbocycles. The fourth-order valence-electron chi connectivity index (χ4n) is 18.4. The molecule has 17 rings (SSSR count). The van der Waals surface area contributed by atoms with E-state index in [-0.39, 0.29) is 110 Å². The van der Waals surface area contributed by atoms with Crippen molar-refractivity contribution < 1.29 is 74.4 Å². The Morgan fingerprint density at radius 1 is 0.371 bits per heavy atom. The van der Waals surface area contributed by atoms with Crippen LogP contribution < -0.4 is 21.3 Å². The van der Waals surface area contributed by atoms with Gasteiger partial charge in [-0.1, -0.05) is 235 Å². The van der Waals surface area contributed by atoms with Crippen molar-refractivity contribution in [3.63, 3.8) is 0 Å². The Labute approximate surface area is 852 Å². The van der Waals surface area contributed by atoms with Crippen molar-refractivity contribution in [2.45, 2.75) is 178 Å². The highest BCUT2D eigenvalue weighted by molar-refractivity contribution is 6.35. The molecule has 5 heterocycles. The standard InChI is InChI=1S/C26H25ClN2O2.C24H24ClF3N2O2.C21H20ClF3N2O2.C21H23ClN2O2.C19H19ClN2O3/c1-17(2)25(30)28-20-14-19-16-29(26(31)18-8-4-3-5-9-18)13-12-21(19)23(15-20)22-10-6-7-11-24(22)27;25-21-9-5-4-8-19(21)20-13-17(29-22(31)15-6-2-1-3-7-15)12-16-14-30(11-10-18(16)20)23(32)24(26,27)28;1-12(2)19(28)26-14-9-13-11-27(20(29)21(23,24)25)8-7-15(13)17(10-14)16-5-3-4-6-18(16)22;1-13(2)21(26)23-16-10-15-12-24(14(3)25)9-8-17(15)19(11-16)18-6-4-5-7-20(18)22;1-2-5-19(23)21-9-8-15-13(12-21)10-14(22(24)25)11-17(15)16-6-3-4-7-18(16)20/h3-11,14-15,17H,12-13,16H2,1-2H3,(H,28,30);4-5,8-9,12-13,15H,1-3,6-7,10-11,14H2,(H,29,31);3-6,9-10,12H,7-8,11H2,1-2H3,(H,26,28);4-7,10-11,13H,8-9,12H2,1-3H3,(H,23,26);3-4,6-7,10-11H,2,5,8-9,12H2,1H3. The summed E-state index contributed by atoms with van der Waals surface area (Å²) < 4.78 is 77.6. The van der Waals surface area contributed by atoms with E-state index in [0.717, 1.165) is 162 Å². The number of fused-ring (bicyclic) bond motifs is 5. The van der Waals surface area contributed by atoms with Crippen LogP contribution in [0.2, 0.25) is 25.1 Å². The second-order valence-corrected chi connectivity index (χ2v) is 39.0. The smallest absolute Gasteiger partial charge is 0.338 e. The molecule has 143 heavy (non-hydrogen) atoms. The summed E-state index contributed by atoms with van der Waals surface area (Å²) >= 11 is 32.0. The molecule has 21 nitrogen and oxygen atoms in total. The Hall–Kier alpha value is -12.9. The zero-order valence-electron chi connectivity index (χ0n) is 80.4. The Bertz CT molecular complexity index is 6630. The average molecular weight is 2050 g/mol. The zero-order chi connectivity index (χ0) is 103. The molecule has 6 aliphatic rings. The fourth-order valence-corrected chi connectivity index (χ4v) is 19.6. The normalized spacial score (nSPS) is 14.3. The summed E-state index contributed by atoms with van der Waals surface area (Å²) in [6, 6.07) is 64.6. The lowest BCUT2D eigenvalue weighted by Gasteiger charge is -2.31. The molecule has 32 heteroatoms. The van der Waals surface area contributed by atoms with Crippen molar-refractivity contribution >= 4 is 140 Å². The number of anilines is 4. The van der Waals surface area contributed by atoms with Crippen LogP contribution in [0.1, 0.15) is 166 Å². The first kappa shape index (κ1) is 107. The number of nitro benzene ring substituents is 1. The number of benzene rings is 11. The number of carbonyl (C=O) groups excluding carboxylic acids is 9. The van der Waals surface area contributed by atoms with Gasteiger partial charge in [-0.15, -0.1) is 0 Å². The molecule has 748 valence electrons. The summed E-state index contributed by atoms with van der Waals surface area (Å²) in [4.78, 5) is 128. The van der Waals surface area contributed by atoms with E-state index in [1.807, 2.05) is 196 Å². The van der Waals surface area contributed by atoms with Crippen LogP contribution in [0.25, 0.3) is 55.6 Å². The molecule has 0 saturated heterocycles. The van der Waals surface area contributed by atoms with Gasteiger partial charge in [-0.2, -0.15) is 26.3 Å². The highest BCUT2D eigenvalue weighted by atomic mass is 35.5. The van der Waals surface area contributed by atoms with E-state index in [2.05, 4.69) is 21.3 Å². The van der Waals surface area contributed by atoms with Gasteiger partial charge in [0.25, 0.3) is 11.6 Å². The van der Waals surface area contributed by atoms with Crippen LogP contribution in [0.15, 0.2) is 212 Å². The molecular formula is C111H111Cl5F6N10O11. The van der Waals surface area contributed by atoms with Crippen molar-refractivity contribution in [1.29, 1.82) is 0 Å². The molecule has 5 aliphatic heterocycles. The molecule has 11 aromatic carbocycles. The van der Waals surface area contributed by atoms with Crippen LogP contribution in [0.4, 0.5) is 54.8 Å². The van der Waals surface area contributed by atoms with Crippen LogP contribution in [-0.2, 0) is 103 Å². The number of nitrogens with zero attached hydrogens (tertiary/aromatic N) is 6. The van der Waals surface area contributed by atoms with Gasteiger partial charge in [0.2, 0.25) is 35.4 Å². The molecule has 1 fully saturated rings. The Kier molecular flexibility index (Phi) is 36.0. The predicted molar refractivity (Wildman–Crippen MR) is 551 cm³/mol. The van der Waals surface area contributed by atoms with Gasteiger partial charge >= 0.3 is 24.2 Å². The third kappa shape index (κ3) is 27.0. The molecule has 0 radical (unpaired) electrons. The van der Waals surface area contributed by atoms with Gasteiger partial charge in [0.15, 0.2) is 0 Å². The highest BCUT2D eigenvalue weighted by Gasteiger charge is 2.45. The molecule has 0 aromatic heterocycles. The first-order valence-corrected chi connectivity index (χ1v) is 49.5. The van der Waals surface area contributed by atoms with Gasteiger partial charge in [0.05, 0.1) is 4.92 Å². The van der Waals surface area contributed by atoms with Gasteiger partial charge in [-0.3, -0.25) is 53.3 Å². The van der Waals surface area contributed by atoms with Crippen molar-refractivity contribution in [3.05, 3.63) is 309 Å². The number of hydrogen-bond donors (Lipinski definition) is 4. The Morgan fingerprint density at radius 3 is 0.979 bits per heavy atom. The molecule has 0 bridgehead atoms. The summed E-state index contributed by atoms with van der Waals surface area (Å²) in [7, 11) is 0. The fraction of sp³-hybridized carbons (Fsp3) is 0.324. The number of alkyl halides is 6. The molecule has 0 unspecified atom stereocenters. The summed E-state index contributed by atoms with van der Waals surface area (Å²) in [5, 5.41) is 26.0. The van der Waals surface area contributed by atoms with Gasteiger partial charge < -0.3 is 45.8 Å². The number of non-ortho nitro benzene ring substituents is 1. The second kappa shape index (κ2) is 48.0. The quantitative estimate of drug-likeness (QED) is 0.0378. The summed E-state index contributed by atoms with van der Waals surface area (Å²) in [5.41, 5.74) is 20.8. The van der Waals surface area contributed by atoms with E-state index in [1.54, 1.807) is 86.3 Å². The predicted octanol–water partition coefficient (Wildman–Crippen LogP) is 25.9. The van der Waals surface area contributed by atoms with Gasteiger partial charge in [0.1, 0.15) is 0 Å². The van der Waals surface area contributed by atoms with Crippen LogP contribution >= 0.6 is 58.0 Å². The van der Waals surface area contributed by atoms with Crippen LogP contribution in [0, 0.1) is 33.8 Å². The summed E-state index contributed by atoms with van der Waals surface area (Å²) in [5.74, 6) is -4.47. The molecular weight excluding hydrogens is 1940 g/mol. The number of hydrogen-bond acceptors (Lipinski definition) is 11. The van der Waals surface area contributed by atoms with E-state index < -0.39 is 29.1 Å². The Morgan fingerprint density at radius 2 is 0.657 bits per heavy atom. The molecule has 1 saturated carbocycles. The molecule has 11 aromatic rings. The number of nitrogens with one attached hydrogen (secondary N) is 4. The Balaban J connectivity index is 0.000000150. The first-order valence-electron chi connectivity index (χ1n) is 47.6. The maximum atomic E-state index is 13.0. The molecule has 9 amide bonds. The van der Waals surface area contributed by atoms with Crippen molar-refractivity contribution in [2.24, 2.45) is 23.7 Å². The van der Waals surface area contributed by atoms with Crippen LogP contribution in [0.3, 0.4) is 0 Å². The monoisotopic (exact) mass is 2050 g/mol. The number of amides is 9. The number of rotatable bonds is 17. The topological polar surface area (TPSA) is 261 Å². The van der Waals surface area contributed by atoms with Gasteiger partial charge in [0, 0.05) is 196 Å². The third-order valence-corrected chi connectivity index (χ3v) is 27.6. The van der Waals surface area contributed by atoms with E-state index in [0.29, 0.717) is 105 Å². The molecule has 0 spiro atoms. The van der Waals surface area contributed by atoms with E-state index in [1.165, 1.54) is 11.1 Å². The average Bonchev–Trinajstić information content (AvgIpc) is 0.783. The summed E-state index contributed by atoms with van der Waals surface area (Å²) in [6.07, 6.45) is -1.02. The van der Waals surface area contributed by atoms with Crippen molar-refractivity contribution in [2.75, 3.05) is 54.0 Å². The zero-order valence-corrected chi connectivity index (χ0v) is 84.2. The second-order valence-electron chi connectivity index (χ2n) is 37.0. The largest absolute Gasteiger partial charge is 0.471 e. The lowest BCUT2D eigenvalue weighted by atomic mass is 9.88. The lowest BCUT2D eigenvalue weighted by molar-refractivity contribution is -0.384. The minimum absolute atomic E-state index is 0.0159. The maximum Gasteiger partial charge on any atom is 0.471 e. The molecule has 0 atom stereocenters. The van der Waals surface area contributed by atoms with Crippen LogP contribution in [-0.4, -0.2) is 128 Å². The first-order chi connectivity index (χ1) is 68.1. The van der Waals surface area contributed by atoms with Crippen molar-refractivity contribution in [1.82, 2.24) is 24.5 Å². The van der Waals surface area contributed by atoms with Gasteiger partial charge in [-0.25, -0.2) is 0 Å². The highest BCUT2D eigenvalue weighted by Crippen LogP contribution is 2.45. The number of carbonyl (C=O) groups is 9. The van der Waals surface area contributed by atoms with E-state index >= 15 is 0 Å². The number of nitro groups is 1. The minimum atomic E-state index is -4.92. The third-order valence-electron chi connectivity index (χ3n) is 25.9. The maximum absolute atomic E-state index is 13.0. The molecule has 4 N–H and O–H groups in total. The summed E-state index contributed by atoms with van der Waals surface area (Å²) in [6.45, 7) is 17.5. The van der Waals surface area contributed by atoms with Crippen molar-refractivity contribution in [3.8, 4) is 55.6 Å². The SMILES string of the molecule is CC(=O)N1CCc2c(cc(NC(=O)C(C)C)cc2-c2ccccc2Cl)C1.CC(C)C(=O)Nc1cc2c(c(-c3ccccc3Cl)c1)CCN(C(=O)C(F)(F)F)C2.CC(C)C(=O)Nc1cc2c(c(-c3ccccc3Cl)c1)CCN(C(=O)c1ccccc1)C2.CCCC(=O)N1CCc2c(cc([N+](=O)[O-])cc2-c2ccccc2Cl)C1.O=C(Nc1cc2c(c(-c3ccccc3Cl)c1)CCN(C(=O)C(F)(F)F)C2)C1CCCCC1. The van der Waals surface area contributed by atoms with E-state index in [4.69, 9.17) is 58.0 Å². The lowest BCUT2D eigenvalue weighted by Crippen LogP contribution is -2.43. The van der Waals surface area contributed by atoms with E-state index in [9.17, 15) is 79.6 Å². The minimum Gasteiger partial charge on any atom is -0.338 e. The van der Waals surface area contributed by atoms with Crippen LogP contribution in [0.5, 0.6) is 0 Å².